The standard InChI is InChI=1S/C12H16ClN3O3S/c1-19-9-3-4-11-10(7-9)15-12(8-13)16(11)6-5-14-20(2,17)18/h3-4,7,14H,5-6,8H2,1-2H3. The first kappa shape index (κ1) is 15.1. The number of benzene rings is 1. The van der Waals surface area contributed by atoms with E-state index in [4.69, 9.17) is 16.3 Å². The Labute approximate surface area is 122 Å². The fourth-order valence-corrected chi connectivity index (χ4v) is 2.65. The highest BCUT2D eigenvalue weighted by Crippen LogP contribution is 2.22. The molecule has 6 nitrogen and oxygen atoms in total. The Bertz CT molecular complexity index is 712. The molecule has 0 amide bonds. The number of halogens is 1. The fraction of sp³-hybridized carbons (Fsp3) is 0.417. The van der Waals surface area contributed by atoms with Gasteiger partial charge in [-0.15, -0.1) is 11.6 Å². The highest BCUT2D eigenvalue weighted by molar-refractivity contribution is 7.88. The van der Waals surface area contributed by atoms with Gasteiger partial charge in [0.05, 0.1) is 30.3 Å². The van der Waals surface area contributed by atoms with Crippen LogP contribution >= 0.6 is 11.6 Å². The van der Waals surface area contributed by atoms with Crippen LogP contribution in [0.2, 0.25) is 0 Å². The number of nitrogens with one attached hydrogen (secondary N) is 1. The molecule has 1 aromatic carbocycles. The van der Waals surface area contributed by atoms with E-state index in [0.29, 0.717) is 18.9 Å². The Morgan fingerprint density at radius 2 is 2.20 bits per heavy atom. The lowest BCUT2D eigenvalue weighted by Gasteiger charge is -2.08. The molecule has 0 saturated carbocycles. The van der Waals surface area contributed by atoms with Gasteiger partial charge >= 0.3 is 0 Å². The number of aromatic nitrogens is 2. The lowest BCUT2D eigenvalue weighted by atomic mass is 10.3. The molecule has 0 bridgehead atoms. The molecule has 0 fully saturated rings. The van der Waals surface area contributed by atoms with Gasteiger partial charge in [0.15, 0.2) is 0 Å². The molecular formula is C12H16ClN3O3S. The minimum absolute atomic E-state index is 0.260. The number of rotatable bonds is 6. The van der Waals surface area contributed by atoms with Crippen LogP contribution in [0.5, 0.6) is 5.75 Å². The van der Waals surface area contributed by atoms with Crippen molar-refractivity contribution >= 4 is 32.7 Å². The summed E-state index contributed by atoms with van der Waals surface area (Å²) < 4.78 is 31.7. The van der Waals surface area contributed by atoms with Crippen molar-refractivity contribution in [1.29, 1.82) is 0 Å². The molecule has 0 atom stereocenters. The maximum absolute atomic E-state index is 11.1. The number of hydrogen-bond donors (Lipinski definition) is 1. The second-order valence-electron chi connectivity index (χ2n) is 4.33. The average molecular weight is 318 g/mol. The number of fused-ring (bicyclic) bond motifs is 1. The third-order valence-electron chi connectivity index (χ3n) is 2.85. The Hall–Kier alpha value is -1.31. The predicted molar refractivity (Wildman–Crippen MR) is 78.7 cm³/mol. The number of sulfonamides is 1. The van der Waals surface area contributed by atoms with Crippen LogP contribution in [0.4, 0.5) is 0 Å². The molecule has 2 rings (SSSR count). The SMILES string of the molecule is COc1ccc2c(c1)nc(CCl)n2CCNS(C)(=O)=O. The van der Waals surface area contributed by atoms with Gasteiger partial charge in [0.25, 0.3) is 0 Å². The van der Waals surface area contributed by atoms with E-state index in [1.165, 1.54) is 0 Å². The van der Waals surface area contributed by atoms with Crippen molar-refractivity contribution in [2.45, 2.75) is 12.4 Å². The first-order chi connectivity index (χ1) is 9.44. The van der Waals surface area contributed by atoms with Gasteiger partial charge in [0.2, 0.25) is 10.0 Å². The number of hydrogen-bond acceptors (Lipinski definition) is 4. The zero-order valence-corrected chi connectivity index (χ0v) is 12.8. The number of ether oxygens (including phenoxy) is 1. The van der Waals surface area contributed by atoms with Crippen LogP contribution in [0.15, 0.2) is 18.2 Å². The maximum Gasteiger partial charge on any atom is 0.208 e. The van der Waals surface area contributed by atoms with Crippen molar-refractivity contribution in [2.24, 2.45) is 0 Å². The van der Waals surface area contributed by atoms with Crippen molar-refractivity contribution in [3.8, 4) is 5.75 Å². The van der Waals surface area contributed by atoms with E-state index in [1.54, 1.807) is 7.11 Å². The molecule has 1 heterocycles. The van der Waals surface area contributed by atoms with Gasteiger partial charge in [-0.2, -0.15) is 0 Å². The molecule has 0 aliphatic carbocycles. The zero-order chi connectivity index (χ0) is 14.8. The topological polar surface area (TPSA) is 73.2 Å². The van der Waals surface area contributed by atoms with Crippen LogP contribution in [-0.2, 0) is 22.4 Å². The minimum atomic E-state index is -3.20. The molecule has 8 heteroatoms. The van der Waals surface area contributed by atoms with Gasteiger partial charge in [-0.05, 0) is 12.1 Å². The minimum Gasteiger partial charge on any atom is -0.497 e. The van der Waals surface area contributed by atoms with Crippen LogP contribution in [0.1, 0.15) is 5.82 Å². The van der Waals surface area contributed by atoms with Gasteiger partial charge in [-0.25, -0.2) is 18.1 Å². The number of imidazole rings is 1. The van der Waals surface area contributed by atoms with Crippen LogP contribution in [-0.4, -0.2) is 37.9 Å². The summed E-state index contributed by atoms with van der Waals surface area (Å²) in [6, 6.07) is 5.55. The fourth-order valence-electron chi connectivity index (χ4n) is 1.98. The lowest BCUT2D eigenvalue weighted by Crippen LogP contribution is -2.26. The van der Waals surface area contributed by atoms with Crippen molar-refractivity contribution in [3.63, 3.8) is 0 Å². The van der Waals surface area contributed by atoms with E-state index in [1.807, 2.05) is 22.8 Å². The van der Waals surface area contributed by atoms with Crippen molar-refractivity contribution in [2.75, 3.05) is 19.9 Å². The summed E-state index contributed by atoms with van der Waals surface area (Å²) in [7, 11) is -1.60. The van der Waals surface area contributed by atoms with Crippen LogP contribution in [0.3, 0.4) is 0 Å². The van der Waals surface area contributed by atoms with Gasteiger partial charge in [-0.3, -0.25) is 0 Å². The Balaban J connectivity index is 2.31. The molecule has 2 aromatic rings. The Morgan fingerprint density at radius 3 is 2.80 bits per heavy atom. The molecule has 0 saturated heterocycles. The first-order valence-corrected chi connectivity index (χ1v) is 8.41. The summed E-state index contributed by atoms with van der Waals surface area (Å²) in [5.74, 6) is 1.68. The summed E-state index contributed by atoms with van der Waals surface area (Å²) in [6.07, 6.45) is 1.13. The van der Waals surface area contributed by atoms with Crippen LogP contribution in [0, 0.1) is 0 Å². The number of alkyl halides is 1. The van der Waals surface area contributed by atoms with Gasteiger partial charge in [0.1, 0.15) is 11.6 Å². The molecule has 1 N–H and O–H groups in total. The van der Waals surface area contributed by atoms with Crippen molar-refractivity contribution in [1.82, 2.24) is 14.3 Å². The summed E-state index contributed by atoms with van der Waals surface area (Å²) in [5.41, 5.74) is 1.68. The van der Waals surface area contributed by atoms with Crippen LogP contribution < -0.4 is 9.46 Å². The Morgan fingerprint density at radius 1 is 1.45 bits per heavy atom. The molecule has 0 aliphatic heterocycles. The van der Waals surface area contributed by atoms with Gasteiger partial charge in [0, 0.05) is 19.2 Å². The summed E-state index contributed by atoms with van der Waals surface area (Å²) in [6.45, 7) is 0.762. The van der Waals surface area contributed by atoms with E-state index in [9.17, 15) is 8.42 Å². The van der Waals surface area contributed by atoms with Crippen LogP contribution in [0.25, 0.3) is 11.0 Å². The number of methoxy groups -OCH3 is 1. The predicted octanol–water partition coefficient (Wildman–Crippen LogP) is 1.33. The quantitative estimate of drug-likeness (QED) is 0.816. The lowest BCUT2D eigenvalue weighted by molar-refractivity contribution is 0.415. The van der Waals surface area contributed by atoms with Gasteiger partial charge < -0.3 is 9.30 Å². The highest BCUT2D eigenvalue weighted by atomic mass is 35.5. The largest absolute Gasteiger partial charge is 0.497 e. The molecule has 110 valence electrons. The van der Waals surface area contributed by atoms with Gasteiger partial charge in [-0.1, -0.05) is 0 Å². The summed E-state index contributed by atoms with van der Waals surface area (Å²) >= 11 is 5.89. The molecule has 20 heavy (non-hydrogen) atoms. The zero-order valence-electron chi connectivity index (χ0n) is 11.3. The molecule has 1 aromatic heterocycles. The molecular weight excluding hydrogens is 302 g/mol. The molecule has 0 radical (unpaired) electrons. The third-order valence-corrected chi connectivity index (χ3v) is 3.82. The third kappa shape index (κ3) is 3.41. The molecule has 0 aliphatic rings. The molecule has 0 unspecified atom stereocenters. The number of nitrogens with zero attached hydrogens (tertiary/aromatic N) is 2. The molecule has 0 spiro atoms. The van der Waals surface area contributed by atoms with Crippen molar-refractivity contribution in [3.05, 3.63) is 24.0 Å². The van der Waals surface area contributed by atoms with E-state index < -0.39 is 10.0 Å². The monoisotopic (exact) mass is 317 g/mol. The first-order valence-electron chi connectivity index (χ1n) is 5.98. The Kier molecular flexibility index (Phi) is 4.52. The highest BCUT2D eigenvalue weighted by Gasteiger charge is 2.11. The average Bonchev–Trinajstić information content (AvgIpc) is 2.74. The summed E-state index contributed by atoms with van der Waals surface area (Å²) in [5, 5.41) is 0. The van der Waals surface area contributed by atoms with Crippen molar-refractivity contribution < 1.29 is 13.2 Å². The van der Waals surface area contributed by atoms with E-state index >= 15 is 0 Å². The normalized spacial score (nSPS) is 11.9. The summed E-state index contributed by atoms with van der Waals surface area (Å²) in [4.78, 5) is 4.43. The van der Waals surface area contributed by atoms with E-state index in [0.717, 1.165) is 23.0 Å². The maximum atomic E-state index is 11.1. The second kappa shape index (κ2) is 5.99. The second-order valence-corrected chi connectivity index (χ2v) is 6.43. The smallest absolute Gasteiger partial charge is 0.208 e. The van der Waals surface area contributed by atoms with E-state index in [2.05, 4.69) is 9.71 Å². The van der Waals surface area contributed by atoms with E-state index in [-0.39, 0.29) is 5.88 Å².